The molecule has 9 nitrogen and oxygen atoms in total. The first-order chi connectivity index (χ1) is 19.9. The van der Waals surface area contributed by atoms with Gasteiger partial charge in [0.05, 0.1) is 12.0 Å². The normalized spacial score (nSPS) is 12.9. The molecule has 0 radical (unpaired) electrons. The number of fused-ring (bicyclic) bond motifs is 1. The van der Waals surface area contributed by atoms with Crippen molar-refractivity contribution in [2.75, 3.05) is 20.2 Å². The van der Waals surface area contributed by atoms with Crippen LogP contribution in [0.4, 0.5) is 5.69 Å². The monoisotopic (exact) mass is 552 g/mol. The number of nitrogens with one attached hydrogen (secondary N) is 1. The number of rotatable bonds is 12. The van der Waals surface area contributed by atoms with Gasteiger partial charge in [0, 0.05) is 54.4 Å². The van der Waals surface area contributed by atoms with Gasteiger partial charge in [-0.25, -0.2) is 0 Å². The van der Waals surface area contributed by atoms with Crippen molar-refractivity contribution in [3.8, 4) is 5.75 Å². The van der Waals surface area contributed by atoms with Crippen LogP contribution in [0.1, 0.15) is 29.5 Å². The van der Waals surface area contributed by atoms with Gasteiger partial charge in [-0.3, -0.25) is 19.7 Å². The maximum absolute atomic E-state index is 13.7. The minimum Gasteiger partial charge on any atom is -0.497 e. The van der Waals surface area contributed by atoms with Crippen LogP contribution in [0, 0.1) is 10.1 Å². The molecule has 1 aliphatic rings. The molecule has 1 saturated carbocycles. The van der Waals surface area contributed by atoms with E-state index in [9.17, 15) is 19.7 Å². The highest BCUT2D eigenvalue weighted by Crippen LogP contribution is 2.28. The Kier molecular flexibility index (Phi) is 8.43. The molecule has 1 aliphatic carbocycles. The number of amides is 2. The predicted octanol–water partition coefficient (Wildman–Crippen LogP) is 5.36. The molecule has 9 heteroatoms. The molecular weight excluding hydrogens is 520 g/mol. The van der Waals surface area contributed by atoms with Crippen molar-refractivity contribution in [2.45, 2.75) is 31.8 Å². The summed E-state index contributed by atoms with van der Waals surface area (Å²) >= 11 is 0. The summed E-state index contributed by atoms with van der Waals surface area (Å²) in [5.74, 6) is 0.376. The van der Waals surface area contributed by atoms with Crippen molar-refractivity contribution >= 4 is 34.5 Å². The van der Waals surface area contributed by atoms with Gasteiger partial charge in [0.2, 0.25) is 11.8 Å². The number of aromatic nitrogens is 1. The Bertz CT molecular complexity index is 1560. The number of methoxy groups -OCH3 is 1. The summed E-state index contributed by atoms with van der Waals surface area (Å²) in [6.45, 7) is 0.896. The Labute approximate surface area is 238 Å². The first-order valence-electron chi connectivity index (χ1n) is 13.6. The van der Waals surface area contributed by atoms with Crippen molar-refractivity contribution < 1.29 is 19.2 Å². The van der Waals surface area contributed by atoms with E-state index in [2.05, 4.69) is 11.1 Å². The molecule has 0 spiro atoms. The zero-order chi connectivity index (χ0) is 28.8. The van der Waals surface area contributed by atoms with Crippen molar-refractivity contribution in [3.05, 3.63) is 112 Å². The van der Waals surface area contributed by atoms with Gasteiger partial charge >= 0.3 is 0 Å². The summed E-state index contributed by atoms with van der Waals surface area (Å²) in [6.07, 6.45) is 7.44. The highest BCUT2D eigenvalue weighted by molar-refractivity contribution is 5.95. The van der Waals surface area contributed by atoms with Gasteiger partial charge in [-0.2, -0.15) is 0 Å². The van der Waals surface area contributed by atoms with Gasteiger partial charge < -0.3 is 19.5 Å². The highest BCUT2D eigenvalue weighted by atomic mass is 16.6. The van der Waals surface area contributed by atoms with E-state index in [0.717, 1.165) is 40.6 Å². The van der Waals surface area contributed by atoms with Gasteiger partial charge in [-0.1, -0.05) is 30.3 Å². The third kappa shape index (κ3) is 7.00. The third-order valence-corrected chi connectivity index (χ3v) is 7.31. The number of H-pyrrole nitrogens is 1. The van der Waals surface area contributed by atoms with Crippen LogP contribution in [0.3, 0.4) is 0 Å². The average molecular weight is 553 g/mol. The van der Waals surface area contributed by atoms with E-state index in [1.54, 1.807) is 30.2 Å². The first-order valence-corrected chi connectivity index (χ1v) is 13.6. The van der Waals surface area contributed by atoms with Gasteiger partial charge in [-0.05, 0) is 72.4 Å². The molecule has 0 bridgehead atoms. The number of carbonyl (C=O) groups is 2. The Balaban J connectivity index is 1.30. The number of benzene rings is 3. The molecule has 41 heavy (non-hydrogen) atoms. The summed E-state index contributed by atoms with van der Waals surface area (Å²) in [6, 6.07) is 21.8. The summed E-state index contributed by atoms with van der Waals surface area (Å²) < 4.78 is 5.28. The van der Waals surface area contributed by atoms with E-state index in [0.29, 0.717) is 25.1 Å². The molecule has 0 unspecified atom stereocenters. The zero-order valence-electron chi connectivity index (χ0n) is 22.9. The number of nitro groups is 1. The van der Waals surface area contributed by atoms with Crippen LogP contribution in [-0.2, 0) is 22.6 Å². The summed E-state index contributed by atoms with van der Waals surface area (Å²) in [5, 5.41) is 12.0. The van der Waals surface area contributed by atoms with E-state index >= 15 is 0 Å². The molecule has 0 aliphatic heterocycles. The summed E-state index contributed by atoms with van der Waals surface area (Å²) in [4.78, 5) is 44.1. The van der Waals surface area contributed by atoms with Crippen LogP contribution in [0.2, 0.25) is 0 Å². The van der Waals surface area contributed by atoms with E-state index in [4.69, 9.17) is 4.74 Å². The predicted molar refractivity (Wildman–Crippen MR) is 157 cm³/mol. The minimum atomic E-state index is -0.463. The molecular formula is C32H32N4O5. The number of ether oxygens (including phenoxy) is 1. The number of nitrogens with zero attached hydrogens (tertiary/aromatic N) is 3. The summed E-state index contributed by atoms with van der Waals surface area (Å²) in [7, 11) is 1.62. The highest BCUT2D eigenvalue weighted by Gasteiger charge is 2.34. The number of nitro benzene ring substituents is 1. The zero-order valence-corrected chi connectivity index (χ0v) is 22.9. The SMILES string of the molecule is COc1ccc(CN(CCc2c[nH]c3ccccc23)C(=O)CN(C(=O)/C=C/c2ccc([N+](=O)[O-])cc2)C2CC2)cc1. The fourth-order valence-electron chi connectivity index (χ4n) is 4.83. The van der Waals surface area contributed by atoms with Gasteiger partial charge in [-0.15, -0.1) is 0 Å². The van der Waals surface area contributed by atoms with Crippen molar-refractivity contribution in [1.82, 2.24) is 14.8 Å². The standard InChI is InChI=1S/C32H32N4O5/c1-41-28-15-8-24(9-16-28)21-34(19-18-25-20-33-30-5-3-2-4-29(25)30)32(38)22-35(26-13-14-26)31(37)17-10-23-6-11-27(12-7-23)36(39)40/h2-12,15-17,20,26,33H,13-14,18-19,21-22H2,1H3/b17-10+. The van der Waals surface area contributed by atoms with Crippen LogP contribution in [0.25, 0.3) is 17.0 Å². The Morgan fingerprint density at radius 2 is 1.78 bits per heavy atom. The molecule has 3 aromatic carbocycles. The molecule has 5 rings (SSSR count). The second-order valence-electron chi connectivity index (χ2n) is 10.2. The largest absolute Gasteiger partial charge is 0.497 e. The van der Waals surface area contributed by atoms with E-state index < -0.39 is 4.92 Å². The van der Waals surface area contributed by atoms with Crippen LogP contribution < -0.4 is 4.74 Å². The van der Waals surface area contributed by atoms with E-state index in [-0.39, 0.29) is 30.1 Å². The number of aromatic amines is 1. The molecule has 1 N–H and O–H groups in total. The van der Waals surface area contributed by atoms with E-state index in [1.165, 1.54) is 18.2 Å². The molecule has 1 heterocycles. The molecule has 4 aromatic rings. The van der Waals surface area contributed by atoms with Crippen molar-refractivity contribution in [1.29, 1.82) is 0 Å². The second kappa shape index (κ2) is 12.5. The number of para-hydroxylation sites is 1. The van der Waals surface area contributed by atoms with Crippen molar-refractivity contribution in [3.63, 3.8) is 0 Å². The fraction of sp³-hybridized carbons (Fsp3) is 0.250. The first kappa shape index (κ1) is 27.6. The summed E-state index contributed by atoms with van der Waals surface area (Å²) in [5.41, 5.74) is 3.82. The van der Waals surface area contributed by atoms with Crippen LogP contribution in [0.5, 0.6) is 5.75 Å². The van der Waals surface area contributed by atoms with Crippen molar-refractivity contribution in [2.24, 2.45) is 0 Å². The fourth-order valence-corrected chi connectivity index (χ4v) is 4.83. The maximum atomic E-state index is 13.7. The lowest BCUT2D eigenvalue weighted by molar-refractivity contribution is -0.384. The van der Waals surface area contributed by atoms with Gasteiger partial charge in [0.15, 0.2) is 0 Å². The number of hydrogen-bond donors (Lipinski definition) is 1. The quantitative estimate of drug-likeness (QED) is 0.145. The lowest BCUT2D eigenvalue weighted by Gasteiger charge is -2.27. The number of carbonyl (C=O) groups excluding carboxylic acids is 2. The lowest BCUT2D eigenvalue weighted by Crippen LogP contribution is -2.43. The topological polar surface area (TPSA) is 109 Å². The maximum Gasteiger partial charge on any atom is 0.269 e. The Morgan fingerprint density at radius 1 is 1.05 bits per heavy atom. The number of hydrogen-bond acceptors (Lipinski definition) is 5. The van der Waals surface area contributed by atoms with Gasteiger partial charge in [0.25, 0.3) is 5.69 Å². The van der Waals surface area contributed by atoms with Crippen LogP contribution in [0.15, 0.2) is 85.1 Å². The second-order valence-corrected chi connectivity index (χ2v) is 10.2. The molecule has 0 atom stereocenters. The van der Waals surface area contributed by atoms with Crippen LogP contribution >= 0.6 is 0 Å². The molecule has 1 aromatic heterocycles. The molecule has 1 fully saturated rings. The number of non-ortho nitro benzene ring substituents is 1. The van der Waals surface area contributed by atoms with E-state index in [1.807, 2.05) is 53.6 Å². The van der Waals surface area contributed by atoms with Gasteiger partial charge in [0.1, 0.15) is 12.3 Å². The molecule has 210 valence electrons. The Hall–Kier alpha value is -4.92. The molecule has 2 amide bonds. The average Bonchev–Trinajstić information content (AvgIpc) is 3.76. The third-order valence-electron chi connectivity index (χ3n) is 7.31. The Morgan fingerprint density at radius 3 is 2.46 bits per heavy atom. The van der Waals surface area contributed by atoms with Crippen LogP contribution in [-0.4, -0.2) is 57.8 Å². The molecule has 0 saturated heterocycles. The lowest BCUT2D eigenvalue weighted by atomic mass is 10.1. The minimum absolute atomic E-state index is 0.0109. The smallest absolute Gasteiger partial charge is 0.269 e.